The summed E-state index contributed by atoms with van der Waals surface area (Å²) < 4.78 is 1.13. The SMILES string of the molecule is Brc1ccccc1.CCc1ccccc1. The maximum Gasteiger partial charge on any atom is 0.0175 e. The molecule has 0 aromatic heterocycles. The van der Waals surface area contributed by atoms with E-state index in [4.69, 9.17) is 0 Å². The predicted molar refractivity (Wildman–Crippen MR) is 70.0 cm³/mol. The van der Waals surface area contributed by atoms with Crippen molar-refractivity contribution >= 4 is 15.9 Å². The van der Waals surface area contributed by atoms with E-state index in [-0.39, 0.29) is 0 Å². The van der Waals surface area contributed by atoms with Crippen LogP contribution in [0.1, 0.15) is 12.5 Å². The summed E-state index contributed by atoms with van der Waals surface area (Å²) in [6.45, 7) is 2.16. The van der Waals surface area contributed by atoms with Gasteiger partial charge in [0.05, 0.1) is 0 Å². The number of hydrogen-bond acceptors (Lipinski definition) is 0. The number of benzene rings is 2. The Hall–Kier alpha value is -1.08. The quantitative estimate of drug-likeness (QED) is 0.699. The molecule has 0 amide bonds. The number of halogens is 1. The maximum absolute atomic E-state index is 3.31. The third kappa shape index (κ3) is 5.38. The van der Waals surface area contributed by atoms with E-state index in [0.717, 1.165) is 10.9 Å². The van der Waals surface area contributed by atoms with Crippen LogP contribution in [0.3, 0.4) is 0 Å². The van der Waals surface area contributed by atoms with E-state index in [2.05, 4.69) is 47.1 Å². The molecule has 2 aromatic carbocycles. The first-order valence-corrected chi connectivity index (χ1v) is 5.86. The molecular weight excluding hydrogens is 248 g/mol. The molecule has 15 heavy (non-hydrogen) atoms. The van der Waals surface area contributed by atoms with Gasteiger partial charge in [-0.25, -0.2) is 0 Å². The summed E-state index contributed by atoms with van der Waals surface area (Å²) in [4.78, 5) is 0. The van der Waals surface area contributed by atoms with Crippen LogP contribution in [0.15, 0.2) is 65.1 Å². The van der Waals surface area contributed by atoms with E-state index >= 15 is 0 Å². The summed E-state index contributed by atoms with van der Waals surface area (Å²) in [5, 5.41) is 0. The van der Waals surface area contributed by atoms with Gasteiger partial charge in [0, 0.05) is 4.47 Å². The second-order valence-electron chi connectivity index (χ2n) is 3.13. The van der Waals surface area contributed by atoms with Crippen LogP contribution < -0.4 is 0 Å². The highest BCUT2D eigenvalue weighted by Crippen LogP contribution is 2.05. The minimum Gasteiger partial charge on any atom is -0.0622 e. The van der Waals surface area contributed by atoms with Gasteiger partial charge < -0.3 is 0 Å². The molecule has 1 heteroatoms. The van der Waals surface area contributed by atoms with Crippen LogP contribution in [0.2, 0.25) is 0 Å². The third-order valence-corrected chi connectivity index (χ3v) is 2.51. The molecule has 0 saturated heterocycles. The molecule has 0 N–H and O–H groups in total. The van der Waals surface area contributed by atoms with Gasteiger partial charge in [-0.15, -0.1) is 0 Å². The summed E-state index contributed by atoms with van der Waals surface area (Å²) >= 11 is 3.31. The lowest BCUT2D eigenvalue weighted by Crippen LogP contribution is -1.73. The van der Waals surface area contributed by atoms with Crippen molar-refractivity contribution < 1.29 is 0 Å². The Balaban J connectivity index is 0.000000151. The van der Waals surface area contributed by atoms with Gasteiger partial charge in [0.2, 0.25) is 0 Å². The summed E-state index contributed by atoms with van der Waals surface area (Å²) in [5.74, 6) is 0. The lowest BCUT2D eigenvalue weighted by molar-refractivity contribution is 1.14. The van der Waals surface area contributed by atoms with Gasteiger partial charge in [0.25, 0.3) is 0 Å². The Bertz CT molecular complexity index is 354. The molecule has 0 fully saturated rings. The first kappa shape index (κ1) is 12.0. The molecule has 0 bridgehead atoms. The van der Waals surface area contributed by atoms with Crippen LogP contribution in [-0.4, -0.2) is 0 Å². The molecule has 78 valence electrons. The van der Waals surface area contributed by atoms with E-state index < -0.39 is 0 Å². The van der Waals surface area contributed by atoms with Crippen molar-refractivity contribution in [1.82, 2.24) is 0 Å². The van der Waals surface area contributed by atoms with Crippen LogP contribution in [0, 0.1) is 0 Å². The van der Waals surface area contributed by atoms with Crippen LogP contribution in [-0.2, 0) is 6.42 Å². The fourth-order valence-corrected chi connectivity index (χ4v) is 1.43. The number of rotatable bonds is 1. The van der Waals surface area contributed by atoms with Gasteiger partial charge in [-0.05, 0) is 24.1 Å². The van der Waals surface area contributed by atoms with Crippen molar-refractivity contribution in [2.45, 2.75) is 13.3 Å². The zero-order valence-corrected chi connectivity index (χ0v) is 10.4. The van der Waals surface area contributed by atoms with Crippen molar-refractivity contribution in [3.8, 4) is 0 Å². The van der Waals surface area contributed by atoms with E-state index in [1.54, 1.807) is 0 Å². The van der Waals surface area contributed by atoms with Crippen LogP contribution >= 0.6 is 15.9 Å². The van der Waals surface area contributed by atoms with Gasteiger partial charge in [0.15, 0.2) is 0 Å². The lowest BCUT2D eigenvalue weighted by atomic mass is 10.2. The molecule has 2 aromatic rings. The second kappa shape index (κ2) is 7.24. The van der Waals surface area contributed by atoms with E-state index in [1.165, 1.54) is 5.56 Å². The first-order valence-electron chi connectivity index (χ1n) is 5.07. The molecule has 0 radical (unpaired) electrons. The minimum atomic E-state index is 1.13. The first-order chi connectivity index (χ1) is 7.33. The number of aryl methyl sites for hydroxylation is 1. The number of hydrogen-bond donors (Lipinski definition) is 0. The van der Waals surface area contributed by atoms with E-state index in [0.29, 0.717) is 0 Å². The molecule has 0 nitrogen and oxygen atoms in total. The summed E-state index contributed by atoms with van der Waals surface area (Å²) in [5.41, 5.74) is 1.41. The van der Waals surface area contributed by atoms with Crippen LogP contribution in [0.5, 0.6) is 0 Å². The van der Waals surface area contributed by atoms with Crippen molar-refractivity contribution in [2.24, 2.45) is 0 Å². The minimum absolute atomic E-state index is 1.13. The van der Waals surface area contributed by atoms with Crippen molar-refractivity contribution in [3.05, 3.63) is 70.7 Å². The summed E-state index contributed by atoms with van der Waals surface area (Å²) in [7, 11) is 0. The molecule has 0 atom stereocenters. The van der Waals surface area contributed by atoms with Crippen molar-refractivity contribution in [3.63, 3.8) is 0 Å². The molecule has 0 spiro atoms. The zero-order chi connectivity index (χ0) is 10.9. The Labute approximate surface area is 100 Å². The molecule has 0 saturated carbocycles. The summed E-state index contributed by atoms with van der Waals surface area (Å²) in [6.07, 6.45) is 1.14. The smallest absolute Gasteiger partial charge is 0.0175 e. The standard InChI is InChI=1S/C8H10.C6H5Br/c1-2-8-6-4-3-5-7-8;7-6-4-2-1-3-5-6/h3-7H,2H2,1H3;1-5H. The van der Waals surface area contributed by atoms with Gasteiger partial charge in [0.1, 0.15) is 0 Å². The normalized spacial score (nSPS) is 8.93. The molecule has 0 unspecified atom stereocenters. The fourth-order valence-electron chi connectivity index (χ4n) is 1.13. The van der Waals surface area contributed by atoms with E-state index in [9.17, 15) is 0 Å². The Morgan fingerprint density at radius 3 is 1.53 bits per heavy atom. The predicted octanol–water partition coefficient (Wildman–Crippen LogP) is 4.70. The van der Waals surface area contributed by atoms with Crippen molar-refractivity contribution in [2.75, 3.05) is 0 Å². The monoisotopic (exact) mass is 262 g/mol. The molecule has 0 aliphatic heterocycles. The molecule has 0 heterocycles. The molecule has 2 rings (SSSR count). The molecular formula is C14H15Br. The zero-order valence-electron chi connectivity index (χ0n) is 8.86. The van der Waals surface area contributed by atoms with Gasteiger partial charge in [-0.1, -0.05) is 71.4 Å². The van der Waals surface area contributed by atoms with E-state index in [1.807, 2.05) is 36.4 Å². The Morgan fingerprint density at radius 1 is 0.800 bits per heavy atom. The average molecular weight is 263 g/mol. The second-order valence-corrected chi connectivity index (χ2v) is 4.05. The summed E-state index contributed by atoms with van der Waals surface area (Å²) in [6, 6.07) is 20.4. The largest absolute Gasteiger partial charge is 0.0622 e. The molecule has 0 aliphatic rings. The van der Waals surface area contributed by atoms with Crippen LogP contribution in [0.4, 0.5) is 0 Å². The van der Waals surface area contributed by atoms with Gasteiger partial charge in [-0.2, -0.15) is 0 Å². The average Bonchev–Trinajstić information content (AvgIpc) is 2.32. The Kier molecular flexibility index (Phi) is 5.79. The lowest BCUT2D eigenvalue weighted by Gasteiger charge is -1.89. The fraction of sp³-hybridized carbons (Fsp3) is 0.143. The van der Waals surface area contributed by atoms with Gasteiger partial charge >= 0.3 is 0 Å². The molecule has 0 aliphatic carbocycles. The van der Waals surface area contributed by atoms with Crippen molar-refractivity contribution in [1.29, 1.82) is 0 Å². The highest BCUT2D eigenvalue weighted by molar-refractivity contribution is 9.10. The third-order valence-electron chi connectivity index (χ3n) is 1.98. The highest BCUT2D eigenvalue weighted by atomic mass is 79.9. The maximum atomic E-state index is 3.31. The Morgan fingerprint density at radius 2 is 1.27 bits per heavy atom. The van der Waals surface area contributed by atoms with Gasteiger partial charge in [-0.3, -0.25) is 0 Å². The highest BCUT2D eigenvalue weighted by Gasteiger charge is 1.80. The van der Waals surface area contributed by atoms with Crippen LogP contribution in [0.25, 0.3) is 0 Å². The topological polar surface area (TPSA) is 0 Å².